The van der Waals surface area contributed by atoms with E-state index in [1.807, 2.05) is 0 Å². The number of carboxylic acid groups (broad SMARTS) is 1. The van der Waals surface area contributed by atoms with Gasteiger partial charge in [0.05, 0.1) is 5.56 Å². The fourth-order valence-electron chi connectivity index (χ4n) is 1.12. The molecule has 0 saturated heterocycles. The number of carbonyl (C=O) groups is 2. The van der Waals surface area contributed by atoms with Crippen LogP contribution in [0.1, 0.15) is 16.1 Å². The van der Waals surface area contributed by atoms with E-state index in [0.29, 0.717) is 5.69 Å². The number of nitrogens with zero attached hydrogens (tertiary/aromatic N) is 1. The Kier molecular flexibility index (Phi) is 2.36. The van der Waals surface area contributed by atoms with Crippen molar-refractivity contribution in [3.8, 4) is 0 Å². The maximum Gasteiger partial charge on any atom is 0.337 e. The molecular weight excluding hydrogens is 172 g/mol. The largest absolute Gasteiger partial charge is 0.478 e. The minimum atomic E-state index is -0.999. The summed E-state index contributed by atoms with van der Waals surface area (Å²) in [7, 11) is 0. The van der Waals surface area contributed by atoms with Crippen molar-refractivity contribution in [2.45, 2.75) is 13.5 Å². The molecule has 3 N–H and O–H groups in total. The fraction of sp³-hybridized carbons (Fsp3) is 0.250. The van der Waals surface area contributed by atoms with Crippen molar-refractivity contribution in [1.82, 2.24) is 4.57 Å². The number of nitrogens with two attached hydrogens (primary N) is 1. The molecular formula is C8H10N2O3. The number of hydrogen-bond donors (Lipinski definition) is 2. The van der Waals surface area contributed by atoms with Gasteiger partial charge in [0.15, 0.2) is 0 Å². The van der Waals surface area contributed by atoms with E-state index >= 15 is 0 Å². The van der Waals surface area contributed by atoms with Gasteiger partial charge in [0.25, 0.3) is 0 Å². The number of carboxylic acids is 1. The smallest absolute Gasteiger partial charge is 0.337 e. The Bertz CT molecular complexity index is 354. The normalized spacial score (nSPS) is 9.92. The Morgan fingerprint density at radius 1 is 1.62 bits per heavy atom. The van der Waals surface area contributed by atoms with Crippen LogP contribution in [-0.2, 0) is 11.3 Å². The van der Waals surface area contributed by atoms with Gasteiger partial charge in [-0.25, -0.2) is 4.79 Å². The number of rotatable bonds is 3. The summed E-state index contributed by atoms with van der Waals surface area (Å²) in [5.74, 6) is -1.49. The van der Waals surface area contributed by atoms with Crippen molar-refractivity contribution in [2.24, 2.45) is 5.73 Å². The molecule has 1 amide bonds. The van der Waals surface area contributed by atoms with Crippen molar-refractivity contribution in [3.63, 3.8) is 0 Å². The molecule has 1 heterocycles. The quantitative estimate of drug-likeness (QED) is 0.688. The average molecular weight is 182 g/mol. The van der Waals surface area contributed by atoms with Gasteiger partial charge < -0.3 is 15.4 Å². The highest BCUT2D eigenvalue weighted by atomic mass is 16.4. The van der Waals surface area contributed by atoms with E-state index in [9.17, 15) is 9.59 Å². The van der Waals surface area contributed by atoms with Gasteiger partial charge >= 0.3 is 5.97 Å². The van der Waals surface area contributed by atoms with Crippen molar-refractivity contribution in [3.05, 3.63) is 23.5 Å². The Labute approximate surface area is 74.8 Å². The van der Waals surface area contributed by atoms with E-state index < -0.39 is 11.9 Å². The molecule has 70 valence electrons. The van der Waals surface area contributed by atoms with Gasteiger partial charge in [0.1, 0.15) is 6.54 Å². The molecule has 5 heteroatoms. The van der Waals surface area contributed by atoms with E-state index in [1.54, 1.807) is 6.92 Å². The first-order valence-corrected chi connectivity index (χ1v) is 3.69. The van der Waals surface area contributed by atoms with Crippen LogP contribution in [0.15, 0.2) is 12.3 Å². The number of hydrogen-bond acceptors (Lipinski definition) is 2. The van der Waals surface area contributed by atoms with Gasteiger partial charge in [-0.1, -0.05) is 0 Å². The number of amides is 1. The summed E-state index contributed by atoms with van der Waals surface area (Å²) in [6.07, 6.45) is 1.53. The molecule has 0 fully saturated rings. The minimum Gasteiger partial charge on any atom is -0.478 e. The van der Waals surface area contributed by atoms with Crippen LogP contribution in [0.25, 0.3) is 0 Å². The second-order valence-corrected chi connectivity index (χ2v) is 2.71. The molecule has 0 atom stereocenters. The number of aromatic nitrogens is 1. The molecule has 0 aromatic carbocycles. The van der Waals surface area contributed by atoms with Crippen LogP contribution >= 0.6 is 0 Å². The predicted molar refractivity (Wildman–Crippen MR) is 45.3 cm³/mol. The lowest BCUT2D eigenvalue weighted by Gasteiger charge is -2.02. The molecule has 13 heavy (non-hydrogen) atoms. The summed E-state index contributed by atoms with van der Waals surface area (Å²) in [6, 6.07) is 1.45. The Hall–Kier alpha value is -1.78. The van der Waals surface area contributed by atoms with Crippen LogP contribution in [0.4, 0.5) is 0 Å². The third kappa shape index (κ3) is 1.87. The topological polar surface area (TPSA) is 85.3 Å². The third-order valence-electron chi connectivity index (χ3n) is 1.80. The lowest BCUT2D eigenvalue weighted by Crippen LogP contribution is -2.19. The molecule has 1 aromatic rings. The third-order valence-corrected chi connectivity index (χ3v) is 1.80. The lowest BCUT2D eigenvalue weighted by atomic mass is 10.2. The van der Waals surface area contributed by atoms with Gasteiger partial charge in [-0.15, -0.1) is 0 Å². The molecule has 1 aromatic heterocycles. The Morgan fingerprint density at radius 3 is 2.62 bits per heavy atom. The van der Waals surface area contributed by atoms with E-state index in [4.69, 9.17) is 10.8 Å². The van der Waals surface area contributed by atoms with Gasteiger partial charge in [0, 0.05) is 11.9 Å². The second-order valence-electron chi connectivity index (χ2n) is 2.71. The highest BCUT2D eigenvalue weighted by Crippen LogP contribution is 2.09. The van der Waals surface area contributed by atoms with E-state index in [2.05, 4.69) is 0 Å². The second kappa shape index (κ2) is 3.30. The molecule has 0 bridgehead atoms. The first-order chi connectivity index (χ1) is 6.02. The zero-order chi connectivity index (χ0) is 10.0. The van der Waals surface area contributed by atoms with Crippen LogP contribution < -0.4 is 5.73 Å². The summed E-state index contributed by atoms with van der Waals surface area (Å²) >= 11 is 0. The maximum absolute atomic E-state index is 10.6. The van der Waals surface area contributed by atoms with Gasteiger partial charge in [-0.05, 0) is 13.0 Å². The van der Waals surface area contributed by atoms with Crippen molar-refractivity contribution < 1.29 is 14.7 Å². The van der Waals surface area contributed by atoms with Crippen LogP contribution in [-0.4, -0.2) is 21.6 Å². The van der Waals surface area contributed by atoms with Crippen LogP contribution in [0.2, 0.25) is 0 Å². The summed E-state index contributed by atoms with van der Waals surface area (Å²) in [5.41, 5.74) is 5.70. The molecule has 0 aliphatic rings. The maximum atomic E-state index is 10.6. The monoisotopic (exact) mass is 182 g/mol. The summed E-state index contributed by atoms with van der Waals surface area (Å²) in [4.78, 5) is 21.1. The number of aromatic carboxylic acids is 1. The van der Waals surface area contributed by atoms with Crippen LogP contribution in [0.5, 0.6) is 0 Å². The van der Waals surface area contributed by atoms with E-state index in [1.165, 1.54) is 16.8 Å². The molecule has 0 saturated carbocycles. The zero-order valence-corrected chi connectivity index (χ0v) is 7.15. The zero-order valence-electron chi connectivity index (χ0n) is 7.15. The fourth-order valence-corrected chi connectivity index (χ4v) is 1.12. The van der Waals surface area contributed by atoms with Gasteiger partial charge in [-0.2, -0.15) is 0 Å². The van der Waals surface area contributed by atoms with Crippen molar-refractivity contribution in [1.29, 1.82) is 0 Å². The van der Waals surface area contributed by atoms with Crippen LogP contribution in [0, 0.1) is 6.92 Å². The molecule has 0 spiro atoms. The Morgan fingerprint density at radius 2 is 2.23 bits per heavy atom. The van der Waals surface area contributed by atoms with Crippen LogP contribution in [0.3, 0.4) is 0 Å². The minimum absolute atomic E-state index is 0.0130. The summed E-state index contributed by atoms with van der Waals surface area (Å²) < 4.78 is 1.51. The first-order valence-electron chi connectivity index (χ1n) is 3.69. The number of carbonyl (C=O) groups excluding carboxylic acids is 1. The molecule has 5 nitrogen and oxygen atoms in total. The molecule has 0 unspecified atom stereocenters. The predicted octanol–water partition coefficient (Wildman–Crippen LogP) is -0.0200. The highest BCUT2D eigenvalue weighted by Gasteiger charge is 2.11. The summed E-state index contributed by atoms with van der Waals surface area (Å²) in [5, 5.41) is 8.68. The SMILES string of the molecule is Cc1c(C(=O)O)ccn1CC(N)=O. The highest BCUT2D eigenvalue weighted by molar-refractivity contribution is 5.89. The number of primary amides is 1. The average Bonchev–Trinajstić information content (AvgIpc) is 2.32. The standard InChI is InChI=1S/C8H10N2O3/c1-5-6(8(12)13)2-3-10(5)4-7(9)11/h2-3H,4H2,1H3,(H2,9,11)(H,12,13). The molecule has 0 aliphatic carbocycles. The molecule has 0 radical (unpaired) electrons. The van der Waals surface area contributed by atoms with E-state index in [0.717, 1.165) is 0 Å². The first kappa shape index (κ1) is 9.31. The summed E-state index contributed by atoms with van der Waals surface area (Å²) in [6.45, 7) is 1.64. The molecule has 0 aliphatic heterocycles. The van der Waals surface area contributed by atoms with E-state index in [-0.39, 0.29) is 12.1 Å². The van der Waals surface area contributed by atoms with Crippen molar-refractivity contribution >= 4 is 11.9 Å². The van der Waals surface area contributed by atoms with Gasteiger partial charge in [-0.3, -0.25) is 4.79 Å². The van der Waals surface area contributed by atoms with Gasteiger partial charge in [0.2, 0.25) is 5.91 Å². The Balaban J connectivity index is 2.99. The van der Waals surface area contributed by atoms with Crippen molar-refractivity contribution in [2.75, 3.05) is 0 Å². The lowest BCUT2D eigenvalue weighted by molar-refractivity contribution is -0.118. The molecule has 1 rings (SSSR count).